The molecule has 1 aliphatic rings. The van der Waals surface area contributed by atoms with Gasteiger partial charge in [-0.1, -0.05) is 19.3 Å². The zero-order chi connectivity index (χ0) is 11.8. The van der Waals surface area contributed by atoms with Crippen LogP contribution in [-0.2, 0) is 4.79 Å². The highest BCUT2D eigenvalue weighted by Gasteiger charge is 2.20. The molecule has 0 radical (unpaired) electrons. The summed E-state index contributed by atoms with van der Waals surface area (Å²) in [5.41, 5.74) is 0. The van der Waals surface area contributed by atoms with E-state index in [0.29, 0.717) is 18.1 Å². The van der Waals surface area contributed by atoms with Crippen LogP contribution in [0.3, 0.4) is 0 Å². The van der Waals surface area contributed by atoms with Gasteiger partial charge in [-0.25, -0.2) is 0 Å². The molecular formula is C13H25NO2. The van der Waals surface area contributed by atoms with Crippen LogP contribution in [0, 0.1) is 5.92 Å². The normalized spacial score (nSPS) is 17.9. The summed E-state index contributed by atoms with van der Waals surface area (Å²) in [6.07, 6.45) is 7.48. The number of carbonyl (C=O) groups excluding carboxylic acids is 1. The fraction of sp³-hybridized carbons (Fsp3) is 0.923. The van der Waals surface area contributed by atoms with Crippen molar-refractivity contribution >= 4 is 5.78 Å². The van der Waals surface area contributed by atoms with Gasteiger partial charge in [0.25, 0.3) is 0 Å². The second-order valence-electron chi connectivity index (χ2n) is 4.93. The van der Waals surface area contributed by atoms with E-state index >= 15 is 0 Å². The molecule has 0 unspecified atom stereocenters. The molecule has 0 bridgehead atoms. The Bertz CT molecular complexity index is 200. The Morgan fingerprint density at radius 3 is 2.56 bits per heavy atom. The van der Waals surface area contributed by atoms with Crippen LogP contribution in [0.25, 0.3) is 0 Å². The number of carbonyl (C=O) groups is 1. The molecule has 0 aromatic heterocycles. The van der Waals surface area contributed by atoms with Gasteiger partial charge in [0.1, 0.15) is 5.78 Å². The summed E-state index contributed by atoms with van der Waals surface area (Å²) in [5.74, 6) is 0.801. The number of nitrogens with zero attached hydrogens (tertiary/aromatic N) is 1. The topological polar surface area (TPSA) is 40.5 Å². The first-order valence-electron chi connectivity index (χ1n) is 6.56. The highest BCUT2D eigenvalue weighted by atomic mass is 16.3. The number of aliphatic hydroxyl groups is 1. The van der Waals surface area contributed by atoms with E-state index in [0.717, 1.165) is 32.4 Å². The quantitative estimate of drug-likeness (QED) is 0.721. The van der Waals surface area contributed by atoms with Crippen molar-refractivity contribution in [3.8, 4) is 0 Å². The van der Waals surface area contributed by atoms with Gasteiger partial charge in [-0.15, -0.1) is 0 Å². The van der Waals surface area contributed by atoms with Crippen LogP contribution in [0.15, 0.2) is 0 Å². The first-order chi connectivity index (χ1) is 7.74. The molecule has 0 aliphatic heterocycles. The number of Topliss-reactive ketones (excluding diaryl/α,β-unsaturated/α-hetero) is 1. The minimum Gasteiger partial charge on any atom is -0.396 e. The van der Waals surface area contributed by atoms with Gasteiger partial charge in [0.05, 0.1) is 0 Å². The second kappa shape index (κ2) is 7.80. The number of ketones is 1. The zero-order valence-corrected chi connectivity index (χ0v) is 10.5. The molecule has 0 amide bonds. The van der Waals surface area contributed by atoms with Crippen molar-refractivity contribution in [2.45, 2.75) is 44.9 Å². The molecule has 0 heterocycles. The maximum Gasteiger partial charge on any atom is 0.137 e. The van der Waals surface area contributed by atoms with Gasteiger partial charge in [0.2, 0.25) is 0 Å². The number of hydrogen-bond acceptors (Lipinski definition) is 3. The molecule has 0 aromatic rings. The summed E-state index contributed by atoms with van der Waals surface area (Å²) in [7, 11) is 2.02. The van der Waals surface area contributed by atoms with E-state index in [4.69, 9.17) is 5.11 Å². The third-order valence-corrected chi connectivity index (χ3v) is 3.50. The Morgan fingerprint density at radius 1 is 1.25 bits per heavy atom. The van der Waals surface area contributed by atoms with Crippen molar-refractivity contribution in [1.82, 2.24) is 4.90 Å². The second-order valence-corrected chi connectivity index (χ2v) is 4.93. The van der Waals surface area contributed by atoms with Crippen LogP contribution in [0.1, 0.15) is 44.9 Å². The predicted octanol–water partition coefficient (Wildman–Crippen LogP) is 1.84. The molecule has 0 aromatic carbocycles. The summed E-state index contributed by atoms with van der Waals surface area (Å²) in [4.78, 5) is 14.0. The van der Waals surface area contributed by atoms with Gasteiger partial charge in [0, 0.05) is 32.0 Å². The number of aliphatic hydroxyl groups excluding tert-OH is 1. The molecule has 1 rings (SSSR count). The van der Waals surface area contributed by atoms with Gasteiger partial charge in [-0.3, -0.25) is 4.79 Å². The van der Waals surface area contributed by atoms with E-state index in [-0.39, 0.29) is 6.61 Å². The van der Waals surface area contributed by atoms with Crippen LogP contribution in [-0.4, -0.2) is 42.5 Å². The van der Waals surface area contributed by atoms with Crippen molar-refractivity contribution in [2.24, 2.45) is 5.92 Å². The maximum absolute atomic E-state index is 11.9. The standard InChI is InChI=1S/C13H25NO2/c1-14(9-5-11-15)10-8-13(16)12-6-3-2-4-7-12/h12,15H,2-11H2,1H3. The highest BCUT2D eigenvalue weighted by molar-refractivity contribution is 5.81. The van der Waals surface area contributed by atoms with Crippen molar-refractivity contribution in [1.29, 1.82) is 0 Å². The van der Waals surface area contributed by atoms with Gasteiger partial charge >= 0.3 is 0 Å². The Morgan fingerprint density at radius 2 is 1.94 bits per heavy atom. The molecule has 0 atom stereocenters. The Balaban J connectivity index is 2.13. The number of rotatable bonds is 7. The minimum absolute atomic E-state index is 0.237. The average Bonchev–Trinajstić information content (AvgIpc) is 2.34. The van der Waals surface area contributed by atoms with Crippen LogP contribution in [0.2, 0.25) is 0 Å². The van der Waals surface area contributed by atoms with E-state index in [1.165, 1.54) is 19.3 Å². The van der Waals surface area contributed by atoms with E-state index in [9.17, 15) is 4.79 Å². The molecule has 3 nitrogen and oxygen atoms in total. The Hall–Kier alpha value is -0.410. The summed E-state index contributed by atoms with van der Waals surface area (Å²) >= 11 is 0. The molecular weight excluding hydrogens is 202 g/mol. The maximum atomic E-state index is 11.9. The molecule has 1 N–H and O–H groups in total. The molecule has 1 aliphatic carbocycles. The molecule has 1 saturated carbocycles. The lowest BCUT2D eigenvalue weighted by molar-refractivity contribution is -0.124. The lowest BCUT2D eigenvalue weighted by Gasteiger charge is -2.22. The molecule has 16 heavy (non-hydrogen) atoms. The highest BCUT2D eigenvalue weighted by Crippen LogP contribution is 2.25. The molecule has 94 valence electrons. The molecule has 0 saturated heterocycles. The minimum atomic E-state index is 0.237. The largest absolute Gasteiger partial charge is 0.396 e. The van der Waals surface area contributed by atoms with Gasteiger partial charge in [-0.2, -0.15) is 0 Å². The fourth-order valence-electron chi connectivity index (χ4n) is 2.38. The average molecular weight is 227 g/mol. The Kier molecular flexibility index (Phi) is 6.65. The summed E-state index contributed by atoms with van der Waals surface area (Å²) in [6.45, 7) is 1.96. The fourth-order valence-corrected chi connectivity index (χ4v) is 2.38. The summed E-state index contributed by atoms with van der Waals surface area (Å²) in [6, 6.07) is 0. The first kappa shape index (κ1) is 13.7. The zero-order valence-electron chi connectivity index (χ0n) is 10.5. The van der Waals surface area contributed by atoms with Crippen molar-refractivity contribution in [3.05, 3.63) is 0 Å². The first-order valence-corrected chi connectivity index (χ1v) is 6.56. The number of hydrogen-bond donors (Lipinski definition) is 1. The van der Waals surface area contributed by atoms with Crippen LogP contribution in [0.4, 0.5) is 0 Å². The van der Waals surface area contributed by atoms with Gasteiger partial charge in [-0.05, 0) is 26.3 Å². The molecule has 1 fully saturated rings. The third kappa shape index (κ3) is 5.08. The van der Waals surface area contributed by atoms with Crippen molar-refractivity contribution < 1.29 is 9.90 Å². The van der Waals surface area contributed by atoms with E-state index < -0.39 is 0 Å². The van der Waals surface area contributed by atoms with Gasteiger partial charge < -0.3 is 10.0 Å². The van der Waals surface area contributed by atoms with E-state index in [1.54, 1.807) is 0 Å². The molecule has 3 heteroatoms. The van der Waals surface area contributed by atoms with Gasteiger partial charge in [0.15, 0.2) is 0 Å². The molecule has 0 spiro atoms. The smallest absolute Gasteiger partial charge is 0.137 e. The monoisotopic (exact) mass is 227 g/mol. The van der Waals surface area contributed by atoms with Crippen molar-refractivity contribution in [2.75, 3.05) is 26.7 Å². The van der Waals surface area contributed by atoms with Crippen LogP contribution >= 0.6 is 0 Å². The Labute approximate surface area is 98.8 Å². The predicted molar refractivity (Wildman–Crippen MR) is 65.4 cm³/mol. The third-order valence-electron chi connectivity index (χ3n) is 3.50. The lowest BCUT2D eigenvalue weighted by Crippen LogP contribution is -2.26. The van der Waals surface area contributed by atoms with E-state index in [1.807, 2.05) is 7.05 Å². The summed E-state index contributed by atoms with van der Waals surface area (Å²) < 4.78 is 0. The SMILES string of the molecule is CN(CCCO)CCC(=O)C1CCCCC1. The van der Waals surface area contributed by atoms with Crippen LogP contribution < -0.4 is 0 Å². The summed E-state index contributed by atoms with van der Waals surface area (Å²) in [5, 5.41) is 8.70. The van der Waals surface area contributed by atoms with E-state index in [2.05, 4.69) is 4.90 Å². The lowest BCUT2D eigenvalue weighted by atomic mass is 9.85. The van der Waals surface area contributed by atoms with Crippen molar-refractivity contribution in [3.63, 3.8) is 0 Å². The van der Waals surface area contributed by atoms with Crippen LogP contribution in [0.5, 0.6) is 0 Å².